The van der Waals surface area contributed by atoms with E-state index < -0.39 is 77.8 Å². The maximum Gasteiger partial charge on any atom is 0.426 e. The summed E-state index contributed by atoms with van der Waals surface area (Å²) in [5.74, 6) is -5.21. The van der Waals surface area contributed by atoms with E-state index in [1.807, 2.05) is 5.32 Å². The Morgan fingerprint density at radius 2 is 1.97 bits per heavy atom. The summed E-state index contributed by atoms with van der Waals surface area (Å²) in [6, 6.07) is -0.321. The largest absolute Gasteiger partial charge is 0.426 e. The molecular weight excluding hydrogens is 491 g/mol. The lowest BCUT2D eigenvalue weighted by molar-refractivity contribution is -0.244. The molecule has 188 valence electrons. The van der Waals surface area contributed by atoms with Gasteiger partial charge in [0.05, 0.1) is 30.5 Å². The van der Waals surface area contributed by atoms with Crippen molar-refractivity contribution in [2.45, 2.75) is 25.2 Å². The summed E-state index contributed by atoms with van der Waals surface area (Å²) in [5.41, 5.74) is -4.12. The molecule has 0 unspecified atom stereocenters. The van der Waals surface area contributed by atoms with Crippen LogP contribution in [0.3, 0.4) is 0 Å². The zero-order valence-electron chi connectivity index (χ0n) is 22.1. The number of alkyl halides is 3. The van der Waals surface area contributed by atoms with Crippen LogP contribution >= 0.6 is 0 Å². The summed E-state index contributed by atoms with van der Waals surface area (Å²) >= 11 is 0. The summed E-state index contributed by atoms with van der Waals surface area (Å²) in [5, 5.41) is 19.7. The van der Waals surface area contributed by atoms with E-state index >= 15 is 0 Å². The van der Waals surface area contributed by atoms with Gasteiger partial charge in [-0.2, -0.15) is 18.3 Å². The Morgan fingerprint density at radius 1 is 1.22 bits per heavy atom. The highest BCUT2D eigenvalue weighted by Crippen LogP contribution is 2.32. The predicted molar refractivity (Wildman–Crippen MR) is 114 cm³/mol. The van der Waals surface area contributed by atoms with Crippen molar-refractivity contribution in [1.29, 1.82) is 0 Å². The van der Waals surface area contributed by atoms with Gasteiger partial charge in [0.2, 0.25) is 5.60 Å². The van der Waals surface area contributed by atoms with Gasteiger partial charge in [-0.1, -0.05) is 23.3 Å². The third-order valence-electron chi connectivity index (χ3n) is 5.04. The first-order chi connectivity index (χ1) is 18.7. The molecule has 0 aliphatic carbocycles. The Labute approximate surface area is 205 Å². The molecule has 9 nitrogen and oxygen atoms in total. The van der Waals surface area contributed by atoms with Crippen LogP contribution in [0.2, 0.25) is 0 Å². The molecule has 3 aromatic heterocycles. The van der Waals surface area contributed by atoms with Crippen LogP contribution in [0.5, 0.6) is 0 Å². The number of anilines is 1. The van der Waals surface area contributed by atoms with Gasteiger partial charge < -0.3 is 14.9 Å². The molecule has 1 aromatic carbocycles. The van der Waals surface area contributed by atoms with Gasteiger partial charge in [-0.3, -0.25) is 9.48 Å². The molecule has 1 atom stereocenters. The minimum Gasteiger partial charge on any atom is -0.373 e. The van der Waals surface area contributed by atoms with Crippen LogP contribution in [0.4, 0.5) is 27.8 Å². The SMILES string of the molecule is [2H]c1c([2H])c([2H])c(Cn2nc(-c3ncc(F)c(NC[C@@](O)(C(C)=O)C(F)(F)F)n3)cc2-c2ccon2)c(F)c1[2H]. The third-order valence-corrected chi connectivity index (χ3v) is 5.04. The van der Waals surface area contributed by atoms with E-state index in [0.717, 1.165) is 4.68 Å². The van der Waals surface area contributed by atoms with Crippen molar-refractivity contribution < 1.29 is 41.9 Å². The van der Waals surface area contributed by atoms with Crippen LogP contribution in [0.1, 0.15) is 18.0 Å². The molecule has 0 saturated heterocycles. The Kier molecular flexibility index (Phi) is 5.26. The van der Waals surface area contributed by atoms with Crippen LogP contribution in [0, 0.1) is 11.6 Å². The summed E-state index contributed by atoms with van der Waals surface area (Å²) in [4.78, 5) is 19.0. The summed E-state index contributed by atoms with van der Waals surface area (Å²) < 4.78 is 106. The van der Waals surface area contributed by atoms with E-state index in [1.165, 1.54) is 18.4 Å². The number of ketones is 1. The average Bonchev–Trinajstić information content (AvgIpc) is 3.57. The first-order valence-corrected chi connectivity index (χ1v) is 9.96. The molecule has 3 heterocycles. The third kappa shape index (κ3) is 4.79. The molecule has 4 aromatic rings. The van der Waals surface area contributed by atoms with Crippen LogP contribution in [-0.2, 0) is 11.3 Å². The molecule has 0 aliphatic rings. The lowest BCUT2D eigenvalue weighted by Crippen LogP contribution is -2.56. The average molecular weight is 512 g/mol. The van der Waals surface area contributed by atoms with Crippen molar-refractivity contribution in [3.63, 3.8) is 0 Å². The zero-order valence-corrected chi connectivity index (χ0v) is 18.1. The maximum atomic E-state index is 14.8. The van der Waals surface area contributed by atoms with Gasteiger partial charge in [0, 0.05) is 11.6 Å². The van der Waals surface area contributed by atoms with E-state index in [2.05, 4.69) is 20.2 Å². The number of nitrogens with one attached hydrogen (secondary N) is 1. The smallest absolute Gasteiger partial charge is 0.373 e. The van der Waals surface area contributed by atoms with Gasteiger partial charge in [-0.15, -0.1) is 0 Å². The molecule has 0 amide bonds. The van der Waals surface area contributed by atoms with Crippen molar-refractivity contribution in [1.82, 2.24) is 24.9 Å². The number of Topliss-reactive ketones (excluding diaryl/α,β-unsaturated/α-hetero) is 1. The molecule has 14 heteroatoms. The van der Waals surface area contributed by atoms with Crippen LogP contribution in [0.25, 0.3) is 22.9 Å². The number of aliphatic hydroxyl groups is 1. The van der Waals surface area contributed by atoms with Crippen molar-refractivity contribution in [2.24, 2.45) is 0 Å². The standard InChI is InChI=1S/C22H17F5N6O3/c1-12(34)21(35,22(25,26)27)11-29-19-15(24)9-28-20(30-19)17-8-18(16-6-7-36-32-16)33(31-17)10-13-4-2-3-5-14(13)23/h2-9,35H,10-11H2,1H3,(H,28,29,30)/t21-/m1/s1/i2D,3D,4D,5D. The fraction of sp³-hybridized carbons (Fsp3) is 0.227. The van der Waals surface area contributed by atoms with Crippen LogP contribution < -0.4 is 5.32 Å². The number of nitrogens with zero attached hydrogens (tertiary/aromatic N) is 5. The van der Waals surface area contributed by atoms with Crippen LogP contribution in [-0.4, -0.2) is 54.1 Å². The Morgan fingerprint density at radius 3 is 2.64 bits per heavy atom. The van der Waals surface area contributed by atoms with E-state index in [1.54, 1.807) is 0 Å². The van der Waals surface area contributed by atoms with E-state index in [4.69, 9.17) is 10.0 Å². The van der Waals surface area contributed by atoms with Gasteiger partial charge in [-0.05, 0) is 19.0 Å². The topological polar surface area (TPSA) is 119 Å². The molecule has 0 saturated carbocycles. The van der Waals surface area contributed by atoms with Crippen molar-refractivity contribution in [3.8, 4) is 22.9 Å². The number of benzene rings is 1. The Bertz CT molecular complexity index is 1570. The molecular formula is C22H17F5N6O3. The predicted octanol–water partition coefficient (Wildman–Crippen LogP) is 3.62. The highest BCUT2D eigenvalue weighted by molar-refractivity contribution is 5.86. The van der Waals surface area contributed by atoms with Gasteiger partial charge >= 0.3 is 6.18 Å². The monoisotopic (exact) mass is 512 g/mol. The molecule has 0 aliphatic heterocycles. The number of hydrogen-bond acceptors (Lipinski definition) is 8. The minimum absolute atomic E-state index is 0.125. The van der Waals surface area contributed by atoms with Gasteiger partial charge in [0.25, 0.3) is 0 Å². The number of aromatic nitrogens is 5. The first kappa shape index (κ1) is 20.0. The van der Waals surface area contributed by atoms with Crippen molar-refractivity contribution in [3.05, 3.63) is 66.0 Å². The molecule has 4 rings (SSSR count). The summed E-state index contributed by atoms with van der Waals surface area (Å²) in [6.45, 7) is -1.47. The van der Waals surface area contributed by atoms with E-state index in [0.29, 0.717) is 13.1 Å². The highest BCUT2D eigenvalue weighted by atomic mass is 19.4. The zero-order chi connectivity index (χ0) is 29.6. The minimum atomic E-state index is -5.37. The number of carbonyl (C=O) groups excluding carboxylic acids is 1. The first-order valence-electron chi connectivity index (χ1n) is 12.0. The van der Waals surface area contributed by atoms with Gasteiger partial charge in [-0.25, -0.2) is 18.7 Å². The molecule has 2 N–H and O–H groups in total. The number of carbonyl (C=O) groups is 1. The maximum absolute atomic E-state index is 14.8. The lowest BCUT2D eigenvalue weighted by atomic mass is 9.99. The summed E-state index contributed by atoms with van der Waals surface area (Å²) in [6.07, 6.45) is -3.56. The second-order valence-electron chi connectivity index (χ2n) is 7.41. The van der Waals surface area contributed by atoms with Crippen molar-refractivity contribution >= 4 is 11.6 Å². The molecule has 0 fully saturated rings. The van der Waals surface area contributed by atoms with E-state index in [-0.39, 0.29) is 22.9 Å². The lowest BCUT2D eigenvalue weighted by Gasteiger charge is -2.28. The summed E-state index contributed by atoms with van der Waals surface area (Å²) in [7, 11) is 0. The Hall–Kier alpha value is -4.20. The quantitative estimate of drug-likeness (QED) is 0.344. The molecule has 0 spiro atoms. The normalized spacial score (nSPS) is 15.0. The fourth-order valence-electron chi connectivity index (χ4n) is 3.03. The van der Waals surface area contributed by atoms with Gasteiger partial charge in [0.1, 0.15) is 23.5 Å². The number of rotatable bonds is 8. The van der Waals surface area contributed by atoms with Crippen LogP contribution in [0.15, 0.2) is 53.3 Å². The van der Waals surface area contributed by atoms with E-state index in [9.17, 15) is 31.9 Å². The molecule has 36 heavy (non-hydrogen) atoms. The van der Waals surface area contributed by atoms with Crippen molar-refractivity contribution in [2.75, 3.05) is 11.9 Å². The second kappa shape index (κ2) is 9.45. The Balaban J connectivity index is 1.75. The fourth-order valence-corrected chi connectivity index (χ4v) is 3.03. The molecule has 0 radical (unpaired) electrons. The second-order valence-corrected chi connectivity index (χ2v) is 7.41. The number of hydrogen-bond donors (Lipinski definition) is 2. The molecule has 0 bridgehead atoms. The van der Waals surface area contributed by atoms with Gasteiger partial charge in [0.15, 0.2) is 23.2 Å². The highest BCUT2D eigenvalue weighted by Gasteiger charge is 2.57. The number of halogens is 5.